The van der Waals surface area contributed by atoms with Gasteiger partial charge >= 0.3 is 6.03 Å². The molecule has 0 aromatic heterocycles. The van der Waals surface area contributed by atoms with Gasteiger partial charge in [0.1, 0.15) is 5.54 Å². The van der Waals surface area contributed by atoms with Gasteiger partial charge in [0.15, 0.2) is 11.5 Å². The number of imide groups is 1. The van der Waals surface area contributed by atoms with E-state index in [1.165, 1.54) is 6.21 Å². The number of nitrogens with one attached hydrogen (secondary N) is 1. The molecule has 0 unspecified atom stereocenters. The molecule has 144 valence electrons. The number of carbonyl (C=O) groups is 2. The fourth-order valence-electron chi connectivity index (χ4n) is 3.15. The van der Waals surface area contributed by atoms with Gasteiger partial charge in [0, 0.05) is 6.42 Å². The first kappa shape index (κ1) is 18.3. The van der Waals surface area contributed by atoms with Gasteiger partial charge < -0.3 is 14.8 Å². The largest absolute Gasteiger partial charge is 0.489 e. The van der Waals surface area contributed by atoms with Crippen LogP contribution in [0.15, 0.2) is 47.6 Å². The second-order valence-corrected chi connectivity index (χ2v) is 7.07. The van der Waals surface area contributed by atoms with Crippen LogP contribution in [0.25, 0.3) is 0 Å². The van der Waals surface area contributed by atoms with Gasteiger partial charge in [-0.25, -0.2) is 4.79 Å². The number of urea groups is 1. The van der Waals surface area contributed by atoms with Crippen LogP contribution in [0.4, 0.5) is 4.79 Å². The van der Waals surface area contributed by atoms with E-state index in [2.05, 4.69) is 10.4 Å². The maximum Gasteiger partial charge on any atom is 0.346 e. The normalized spacial score (nSPS) is 21.7. The Hall–Kier alpha value is -3.06. The monoisotopic (exact) mass is 399 g/mol. The number of halogens is 1. The summed E-state index contributed by atoms with van der Waals surface area (Å²) in [4.78, 5) is 25.2. The Morgan fingerprint density at radius 2 is 1.93 bits per heavy atom. The van der Waals surface area contributed by atoms with Crippen LogP contribution in [0.2, 0.25) is 5.02 Å². The molecule has 2 aliphatic rings. The maximum atomic E-state index is 12.9. The lowest BCUT2D eigenvalue weighted by Crippen LogP contribution is -2.40. The van der Waals surface area contributed by atoms with Crippen molar-refractivity contribution in [2.45, 2.75) is 18.9 Å². The van der Waals surface area contributed by atoms with Gasteiger partial charge in [-0.1, -0.05) is 41.9 Å². The molecule has 8 heteroatoms. The van der Waals surface area contributed by atoms with Gasteiger partial charge in [-0.3, -0.25) is 4.79 Å². The number of nitrogens with zero attached hydrogens (tertiary/aromatic N) is 2. The highest BCUT2D eigenvalue weighted by Crippen LogP contribution is 2.37. The molecule has 0 radical (unpaired) electrons. The molecule has 7 nitrogen and oxygen atoms in total. The van der Waals surface area contributed by atoms with E-state index in [0.29, 0.717) is 40.9 Å². The summed E-state index contributed by atoms with van der Waals surface area (Å²) in [6.07, 6.45) is 2.16. The molecule has 1 N–H and O–H groups in total. The molecule has 28 heavy (non-hydrogen) atoms. The summed E-state index contributed by atoms with van der Waals surface area (Å²) in [5.41, 5.74) is 0.103. The number of hydrogen-bond donors (Lipinski definition) is 1. The Morgan fingerprint density at radius 1 is 1.18 bits per heavy atom. The Balaban J connectivity index is 1.60. The summed E-state index contributed by atoms with van der Waals surface area (Å²) >= 11 is 6.27. The van der Waals surface area contributed by atoms with E-state index in [0.717, 1.165) is 11.4 Å². The molecule has 4 rings (SSSR count). The van der Waals surface area contributed by atoms with Crippen molar-refractivity contribution in [2.75, 3.05) is 13.2 Å². The van der Waals surface area contributed by atoms with Crippen LogP contribution in [0.3, 0.4) is 0 Å². The fourth-order valence-corrected chi connectivity index (χ4v) is 3.42. The van der Waals surface area contributed by atoms with Crippen molar-refractivity contribution in [3.05, 3.63) is 58.6 Å². The molecule has 2 aliphatic heterocycles. The molecule has 2 aromatic rings. The predicted octanol–water partition coefficient (Wildman–Crippen LogP) is 3.30. The summed E-state index contributed by atoms with van der Waals surface area (Å²) in [5, 5.41) is 7.99. The van der Waals surface area contributed by atoms with Crippen LogP contribution in [0.5, 0.6) is 11.5 Å². The van der Waals surface area contributed by atoms with Crippen molar-refractivity contribution in [3.63, 3.8) is 0 Å². The molecular formula is C20H18ClN3O4. The predicted molar refractivity (Wildman–Crippen MR) is 104 cm³/mol. The minimum Gasteiger partial charge on any atom is -0.489 e. The Bertz CT molecular complexity index is 963. The molecule has 0 saturated carbocycles. The summed E-state index contributed by atoms with van der Waals surface area (Å²) in [6, 6.07) is 11.8. The van der Waals surface area contributed by atoms with Crippen LogP contribution in [0.1, 0.15) is 24.5 Å². The number of ether oxygens (including phenoxy) is 2. The quantitative estimate of drug-likeness (QED) is 0.634. The van der Waals surface area contributed by atoms with Crippen molar-refractivity contribution in [2.24, 2.45) is 5.10 Å². The van der Waals surface area contributed by atoms with Gasteiger partial charge in [-0.05, 0) is 30.2 Å². The van der Waals surface area contributed by atoms with E-state index in [-0.39, 0.29) is 0 Å². The maximum absolute atomic E-state index is 12.9. The van der Waals surface area contributed by atoms with Crippen LogP contribution in [0, 0.1) is 0 Å². The van der Waals surface area contributed by atoms with E-state index in [1.54, 1.807) is 31.2 Å². The highest BCUT2D eigenvalue weighted by molar-refractivity contribution is 6.32. The summed E-state index contributed by atoms with van der Waals surface area (Å²) in [7, 11) is 0. The summed E-state index contributed by atoms with van der Waals surface area (Å²) < 4.78 is 11.2. The lowest BCUT2D eigenvalue weighted by molar-refractivity contribution is -0.131. The lowest BCUT2D eigenvalue weighted by Gasteiger charge is -2.20. The van der Waals surface area contributed by atoms with Crippen LogP contribution in [-0.4, -0.2) is 36.4 Å². The molecule has 3 amide bonds. The third-order valence-electron chi connectivity index (χ3n) is 4.67. The van der Waals surface area contributed by atoms with Crippen molar-refractivity contribution in [1.29, 1.82) is 0 Å². The van der Waals surface area contributed by atoms with Gasteiger partial charge in [-0.15, -0.1) is 5.01 Å². The second-order valence-electron chi connectivity index (χ2n) is 6.66. The van der Waals surface area contributed by atoms with E-state index in [4.69, 9.17) is 21.1 Å². The Labute approximate surface area is 166 Å². The molecule has 0 spiro atoms. The van der Waals surface area contributed by atoms with E-state index >= 15 is 0 Å². The molecule has 2 heterocycles. The van der Waals surface area contributed by atoms with Gasteiger partial charge in [0.25, 0.3) is 5.91 Å². The standard InChI is InChI=1S/C20H18ClN3O4/c1-20(14-6-3-2-4-7-14)18(25)24(19(26)23-20)22-12-13-10-15(21)17-16(11-13)27-8-5-9-28-17/h2-4,6-7,10-12H,5,8-9H2,1H3,(H,23,26)/b22-12-/t20-/m1/s1. The average Bonchev–Trinajstić information content (AvgIpc) is 2.85. The van der Waals surface area contributed by atoms with E-state index in [1.807, 2.05) is 18.2 Å². The van der Waals surface area contributed by atoms with Crippen molar-refractivity contribution >= 4 is 29.8 Å². The number of fused-ring (bicyclic) bond motifs is 1. The molecule has 2 aromatic carbocycles. The Kier molecular flexibility index (Phi) is 4.68. The number of amides is 3. The van der Waals surface area contributed by atoms with Crippen LogP contribution in [-0.2, 0) is 10.3 Å². The SMILES string of the molecule is C[C@]1(c2ccccc2)NC(=O)N(/N=C\c2cc(Cl)c3c(c2)OCCCO3)C1=O. The van der Waals surface area contributed by atoms with Crippen molar-refractivity contribution < 1.29 is 19.1 Å². The minimum atomic E-state index is -1.17. The number of hydrogen-bond acceptors (Lipinski definition) is 5. The van der Waals surface area contributed by atoms with Gasteiger partial charge in [-0.2, -0.15) is 5.10 Å². The fraction of sp³-hybridized carbons (Fsp3) is 0.250. The third-order valence-corrected chi connectivity index (χ3v) is 4.95. The van der Waals surface area contributed by atoms with E-state index < -0.39 is 17.5 Å². The lowest BCUT2D eigenvalue weighted by atomic mass is 9.92. The zero-order chi connectivity index (χ0) is 19.7. The first-order valence-electron chi connectivity index (χ1n) is 8.84. The number of carbonyl (C=O) groups excluding carboxylic acids is 2. The zero-order valence-corrected chi connectivity index (χ0v) is 15.9. The number of rotatable bonds is 3. The van der Waals surface area contributed by atoms with Crippen molar-refractivity contribution in [1.82, 2.24) is 10.3 Å². The summed E-state index contributed by atoms with van der Waals surface area (Å²) in [6.45, 7) is 2.70. The molecule has 1 fully saturated rings. The highest BCUT2D eigenvalue weighted by atomic mass is 35.5. The van der Waals surface area contributed by atoms with Crippen LogP contribution >= 0.6 is 11.6 Å². The zero-order valence-electron chi connectivity index (χ0n) is 15.1. The molecular weight excluding hydrogens is 382 g/mol. The minimum absolute atomic E-state index is 0.382. The van der Waals surface area contributed by atoms with Gasteiger partial charge in [0.2, 0.25) is 0 Å². The van der Waals surface area contributed by atoms with Crippen LogP contribution < -0.4 is 14.8 Å². The first-order chi connectivity index (χ1) is 13.5. The van der Waals surface area contributed by atoms with E-state index in [9.17, 15) is 9.59 Å². The highest BCUT2D eigenvalue weighted by Gasteiger charge is 2.49. The summed E-state index contributed by atoms with van der Waals surface area (Å²) in [5.74, 6) is 0.543. The topological polar surface area (TPSA) is 80.2 Å². The van der Waals surface area contributed by atoms with Crippen molar-refractivity contribution in [3.8, 4) is 11.5 Å². The molecule has 1 saturated heterocycles. The third kappa shape index (κ3) is 3.18. The molecule has 0 aliphatic carbocycles. The molecule has 1 atom stereocenters. The first-order valence-corrected chi connectivity index (χ1v) is 9.22. The van der Waals surface area contributed by atoms with Gasteiger partial charge in [0.05, 0.1) is 24.5 Å². The second kappa shape index (κ2) is 7.16. The number of benzene rings is 2. The average molecular weight is 400 g/mol. The number of hydrazone groups is 1. The molecule has 0 bridgehead atoms. The Morgan fingerprint density at radius 3 is 2.71 bits per heavy atom. The smallest absolute Gasteiger partial charge is 0.346 e.